The van der Waals surface area contributed by atoms with Crippen LogP contribution in [0.3, 0.4) is 0 Å². The molecule has 0 heterocycles. The monoisotopic (exact) mass is 187 g/mol. The minimum Gasteiger partial charge on any atom is -0.345 e. The van der Waals surface area contributed by atoms with Gasteiger partial charge in [0.15, 0.2) is 0 Å². The molecule has 0 radical (unpaired) electrons. The van der Waals surface area contributed by atoms with Crippen molar-refractivity contribution in [3.63, 3.8) is 0 Å². The zero-order valence-electron chi connectivity index (χ0n) is 8.37. The molecule has 13 heavy (non-hydrogen) atoms. The minimum absolute atomic E-state index is 0.123. The third-order valence-electron chi connectivity index (χ3n) is 2.45. The molecule has 1 aliphatic rings. The lowest BCUT2D eigenvalue weighted by Crippen LogP contribution is -2.26. The molecule has 0 saturated heterocycles. The molecule has 0 aliphatic heterocycles. The largest absolute Gasteiger partial charge is 0.345 e. The van der Waals surface area contributed by atoms with Gasteiger partial charge in [0.05, 0.1) is 0 Å². The molecule has 2 unspecified atom stereocenters. The van der Waals surface area contributed by atoms with Gasteiger partial charge in [-0.2, -0.15) is 0 Å². The Balaban J connectivity index is 2.15. The maximum Gasteiger partial charge on any atom is 0.209 e. The molecule has 1 aliphatic carbocycles. The zero-order chi connectivity index (χ0) is 9.84. The van der Waals surface area contributed by atoms with Gasteiger partial charge in [-0.05, 0) is 18.8 Å². The second-order valence-corrected chi connectivity index (χ2v) is 4.29. The van der Waals surface area contributed by atoms with Gasteiger partial charge >= 0.3 is 0 Å². The lowest BCUT2D eigenvalue weighted by Gasteiger charge is -2.17. The predicted octanol–water partition coefficient (Wildman–Crippen LogP) is 1.85. The highest BCUT2D eigenvalue weighted by Crippen LogP contribution is 2.34. The van der Waals surface area contributed by atoms with E-state index in [-0.39, 0.29) is 5.92 Å². The molecule has 1 saturated carbocycles. The number of hydrogen-bond donors (Lipinski definition) is 0. The van der Waals surface area contributed by atoms with Gasteiger partial charge in [0.2, 0.25) is 6.41 Å². The maximum atomic E-state index is 12.5. The number of carbonyl (C=O) groups excluding carboxylic acids is 1. The van der Waals surface area contributed by atoms with Crippen LogP contribution in [0.2, 0.25) is 0 Å². The van der Waals surface area contributed by atoms with Crippen molar-refractivity contribution < 1.29 is 9.18 Å². The molecule has 2 atom stereocenters. The number of amides is 1. The van der Waals surface area contributed by atoms with E-state index < -0.39 is 6.17 Å². The molecule has 1 fully saturated rings. The van der Waals surface area contributed by atoms with E-state index in [0.717, 1.165) is 19.4 Å². The molecule has 0 aromatic carbocycles. The van der Waals surface area contributed by atoms with Gasteiger partial charge in [0.1, 0.15) is 6.17 Å². The van der Waals surface area contributed by atoms with Crippen LogP contribution in [0.15, 0.2) is 0 Å². The number of carbonyl (C=O) groups is 1. The van der Waals surface area contributed by atoms with Gasteiger partial charge < -0.3 is 4.90 Å². The highest BCUT2D eigenvalue weighted by Gasteiger charge is 2.38. The first-order valence-electron chi connectivity index (χ1n) is 4.97. The van der Waals surface area contributed by atoms with E-state index in [1.165, 1.54) is 0 Å². The Kier molecular flexibility index (Phi) is 3.70. The van der Waals surface area contributed by atoms with Crippen molar-refractivity contribution in [3.05, 3.63) is 0 Å². The second kappa shape index (κ2) is 4.58. The van der Waals surface area contributed by atoms with Crippen molar-refractivity contribution in [1.82, 2.24) is 4.90 Å². The number of alkyl halides is 1. The highest BCUT2D eigenvalue weighted by atomic mass is 19.1. The third-order valence-corrected chi connectivity index (χ3v) is 2.45. The van der Waals surface area contributed by atoms with Crippen molar-refractivity contribution in [2.75, 3.05) is 13.1 Å². The van der Waals surface area contributed by atoms with E-state index in [1.54, 1.807) is 4.90 Å². The Hall–Kier alpha value is -0.600. The smallest absolute Gasteiger partial charge is 0.209 e. The van der Waals surface area contributed by atoms with Crippen LogP contribution in [0, 0.1) is 11.8 Å². The Bertz CT molecular complexity index is 172. The van der Waals surface area contributed by atoms with Crippen LogP contribution in [0.1, 0.15) is 26.7 Å². The maximum absolute atomic E-state index is 12.5. The van der Waals surface area contributed by atoms with Crippen molar-refractivity contribution in [3.8, 4) is 0 Å². The van der Waals surface area contributed by atoms with Crippen LogP contribution < -0.4 is 0 Å². The highest BCUT2D eigenvalue weighted by molar-refractivity contribution is 5.47. The van der Waals surface area contributed by atoms with Gasteiger partial charge in [-0.1, -0.05) is 13.8 Å². The van der Waals surface area contributed by atoms with Gasteiger partial charge in [-0.25, -0.2) is 4.39 Å². The van der Waals surface area contributed by atoms with Gasteiger partial charge in [0, 0.05) is 19.0 Å². The molecule has 0 aromatic rings. The summed E-state index contributed by atoms with van der Waals surface area (Å²) in [6.07, 6.45) is 1.84. The van der Waals surface area contributed by atoms with Crippen LogP contribution in [0.25, 0.3) is 0 Å². The number of nitrogens with zero attached hydrogens (tertiary/aromatic N) is 1. The number of rotatable bonds is 6. The van der Waals surface area contributed by atoms with Gasteiger partial charge in [0.25, 0.3) is 0 Å². The molecular formula is C10H18FNO. The summed E-state index contributed by atoms with van der Waals surface area (Å²) in [5.74, 6) is 0.722. The molecule has 3 heteroatoms. The van der Waals surface area contributed by atoms with Crippen molar-refractivity contribution in [2.24, 2.45) is 11.8 Å². The molecular weight excluding hydrogens is 169 g/mol. The van der Waals surface area contributed by atoms with Gasteiger partial charge in [-0.3, -0.25) is 4.79 Å². The molecule has 2 nitrogen and oxygen atoms in total. The van der Waals surface area contributed by atoms with E-state index in [0.29, 0.717) is 18.9 Å². The lowest BCUT2D eigenvalue weighted by molar-refractivity contribution is -0.118. The average Bonchev–Trinajstić information content (AvgIpc) is 2.75. The van der Waals surface area contributed by atoms with E-state index in [4.69, 9.17) is 0 Å². The summed E-state index contributed by atoms with van der Waals surface area (Å²) in [6.45, 7) is 5.62. The standard InChI is InChI=1S/C10H18FNO/c1-8(2)3-4-12(7-13)6-9-5-10(9)11/h7-10H,3-6H2,1-2H3. The van der Waals surface area contributed by atoms with Crippen LogP contribution in [0.4, 0.5) is 4.39 Å². The Morgan fingerprint density at radius 3 is 2.62 bits per heavy atom. The summed E-state index contributed by atoms with van der Waals surface area (Å²) in [7, 11) is 0. The Morgan fingerprint density at radius 2 is 2.23 bits per heavy atom. The summed E-state index contributed by atoms with van der Waals surface area (Å²) < 4.78 is 12.5. The summed E-state index contributed by atoms with van der Waals surface area (Å²) in [6, 6.07) is 0. The summed E-state index contributed by atoms with van der Waals surface area (Å²) in [4.78, 5) is 12.3. The van der Waals surface area contributed by atoms with Crippen LogP contribution >= 0.6 is 0 Å². The van der Waals surface area contributed by atoms with Crippen molar-refractivity contribution in [2.45, 2.75) is 32.9 Å². The Morgan fingerprint density at radius 1 is 1.62 bits per heavy atom. The first kappa shape index (κ1) is 10.5. The first-order valence-corrected chi connectivity index (χ1v) is 4.97. The quantitative estimate of drug-likeness (QED) is 0.581. The molecule has 0 aromatic heterocycles. The zero-order valence-corrected chi connectivity index (χ0v) is 8.37. The number of hydrogen-bond acceptors (Lipinski definition) is 1. The first-order chi connectivity index (χ1) is 6.13. The van der Waals surface area contributed by atoms with E-state index >= 15 is 0 Å². The lowest BCUT2D eigenvalue weighted by atomic mass is 10.1. The average molecular weight is 187 g/mol. The predicted molar refractivity (Wildman–Crippen MR) is 50.1 cm³/mol. The van der Waals surface area contributed by atoms with Gasteiger partial charge in [-0.15, -0.1) is 0 Å². The summed E-state index contributed by atoms with van der Waals surface area (Å²) in [5.41, 5.74) is 0. The van der Waals surface area contributed by atoms with Crippen LogP contribution in [-0.2, 0) is 4.79 Å². The molecule has 0 bridgehead atoms. The van der Waals surface area contributed by atoms with Crippen molar-refractivity contribution in [1.29, 1.82) is 0 Å². The molecule has 1 amide bonds. The second-order valence-electron chi connectivity index (χ2n) is 4.29. The number of halogens is 1. The van der Waals surface area contributed by atoms with E-state index in [1.807, 2.05) is 0 Å². The molecule has 1 rings (SSSR count). The van der Waals surface area contributed by atoms with E-state index in [9.17, 15) is 9.18 Å². The Labute approximate surface area is 79.1 Å². The molecule has 0 spiro atoms. The SMILES string of the molecule is CC(C)CCN(C=O)CC1CC1F. The fourth-order valence-corrected chi connectivity index (χ4v) is 1.31. The van der Waals surface area contributed by atoms with E-state index in [2.05, 4.69) is 13.8 Å². The van der Waals surface area contributed by atoms with Crippen LogP contribution in [-0.4, -0.2) is 30.6 Å². The molecule has 0 N–H and O–H groups in total. The topological polar surface area (TPSA) is 20.3 Å². The van der Waals surface area contributed by atoms with Crippen LogP contribution in [0.5, 0.6) is 0 Å². The fourth-order valence-electron chi connectivity index (χ4n) is 1.31. The fraction of sp³-hybridized carbons (Fsp3) is 0.900. The summed E-state index contributed by atoms with van der Waals surface area (Å²) >= 11 is 0. The van der Waals surface area contributed by atoms with Crippen molar-refractivity contribution >= 4 is 6.41 Å². The minimum atomic E-state index is -0.651. The normalized spacial score (nSPS) is 26.2. The third kappa shape index (κ3) is 3.75. The molecule has 76 valence electrons. The summed E-state index contributed by atoms with van der Waals surface area (Å²) in [5, 5.41) is 0.